The summed E-state index contributed by atoms with van der Waals surface area (Å²) in [5.74, 6) is 0.717. The highest BCUT2D eigenvalue weighted by atomic mass is 32.1. The van der Waals surface area contributed by atoms with Gasteiger partial charge in [-0.3, -0.25) is 0 Å². The van der Waals surface area contributed by atoms with Gasteiger partial charge in [-0.15, -0.1) is 11.3 Å². The van der Waals surface area contributed by atoms with E-state index in [9.17, 15) is 0 Å². The van der Waals surface area contributed by atoms with E-state index >= 15 is 0 Å². The lowest BCUT2D eigenvalue weighted by Crippen LogP contribution is -2.21. The summed E-state index contributed by atoms with van der Waals surface area (Å²) in [6.07, 6.45) is 1.28. The molecule has 0 aliphatic heterocycles. The lowest BCUT2D eigenvalue weighted by Gasteiger charge is -2.13. The Labute approximate surface area is 113 Å². The third-order valence-corrected chi connectivity index (χ3v) is 4.98. The standard InChI is InChI=1S/C16H19NS/c1-11-8-9-18-16(11)12(2)17-15-10-14(15)13-6-4-3-5-7-13/h3-9,12,14-15,17H,10H2,1-2H3. The molecule has 1 fully saturated rings. The Morgan fingerprint density at radius 3 is 2.67 bits per heavy atom. The van der Waals surface area contributed by atoms with Crippen LogP contribution in [0.5, 0.6) is 0 Å². The molecule has 1 aromatic carbocycles. The first-order valence-corrected chi connectivity index (χ1v) is 7.48. The average Bonchev–Trinajstić information content (AvgIpc) is 3.01. The molecule has 1 aliphatic carbocycles. The van der Waals surface area contributed by atoms with Crippen molar-refractivity contribution < 1.29 is 0 Å². The maximum atomic E-state index is 3.76. The van der Waals surface area contributed by atoms with Crippen LogP contribution in [0.15, 0.2) is 41.8 Å². The van der Waals surface area contributed by atoms with Crippen molar-refractivity contribution in [2.24, 2.45) is 0 Å². The average molecular weight is 257 g/mol. The second-order valence-corrected chi connectivity index (χ2v) is 6.16. The molecular weight excluding hydrogens is 238 g/mol. The lowest BCUT2D eigenvalue weighted by atomic mass is 10.1. The maximum Gasteiger partial charge on any atom is 0.0391 e. The van der Waals surface area contributed by atoms with Gasteiger partial charge in [-0.25, -0.2) is 0 Å². The Morgan fingerprint density at radius 1 is 1.22 bits per heavy atom. The van der Waals surface area contributed by atoms with Crippen LogP contribution >= 0.6 is 11.3 Å². The van der Waals surface area contributed by atoms with Crippen LogP contribution in [0.4, 0.5) is 0 Å². The molecular formula is C16H19NS. The molecule has 0 saturated heterocycles. The Hall–Kier alpha value is -1.12. The van der Waals surface area contributed by atoms with Gasteiger partial charge >= 0.3 is 0 Å². The lowest BCUT2D eigenvalue weighted by molar-refractivity contribution is 0.568. The van der Waals surface area contributed by atoms with Gasteiger partial charge in [0, 0.05) is 22.9 Å². The van der Waals surface area contributed by atoms with Crippen molar-refractivity contribution in [3.8, 4) is 0 Å². The Bertz CT molecular complexity index is 517. The van der Waals surface area contributed by atoms with E-state index in [2.05, 4.69) is 60.9 Å². The molecule has 18 heavy (non-hydrogen) atoms. The van der Waals surface area contributed by atoms with Gasteiger partial charge < -0.3 is 5.32 Å². The number of hydrogen-bond acceptors (Lipinski definition) is 2. The predicted molar refractivity (Wildman–Crippen MR) is 78.2 cm³/mol. The Balaban J connectivity index is 1.62. The number of rotatable bonds is 4. The van der Waals surface area contributed by atoms with Gasteiger partial charge in [0.1, 0.15) is 0 Å². The van der Waals surface area contributed by atoms with Crippen molar-refractivity contribution >= 4 is 11.3 Å². The first-order valence-electron chi connectivity index (χ1n) is 6.60. The van der Waals surface area contributed by atoms with Crippen LogP contribution in [0, 0.1) is 6.92 Å². The van der Waals surface area contributed by atoms with Crippen molar-refractivity contribution in [3.05, 3.63) is 57.8 Å². The van der Waals surface area contributed by atoms with Crippen LogP contribution in [-0.2, 0) is 0 Å². The van der Waals surface area contributed by atoms with Gasteiger partial charge in [0.05, 0.1) is 0 Å². The van der Waals surface area contributed by atoms with Gasteiger partial charge in [0.15, 0.2) is 0 Å². The molecule has 3 unspecified atom stereocenters. The molecule has 94 valence electrons. The summed E-state index contributed by atoms with van der Waals surface area (Å²) >= 11 is 1.86. The molecule has 1 N–H and O–H groups in total. The zero-order valence-corrected chi connectivity index (χ0v) is 11.7. The van der Waals surface area contributed by atoms with E-state index in [1.54, 1.807) is 0 Å². The fourth-order valence-corrected chi connectivity index (χ4v) is 3.62. The van der Waals surface area contributed by atoms with Crippen LogP contribution in [0.25, 0.3) is 0 Å². The Morgan fingerprint density at radius 2 is 2.00 bits per heavy atom. The summed E-state index contributed by atoms with van der Waals surface area (Å²) in [6.45, 7) is 4.48. The van der Waals surface area contributed by atoms with E-state index in [1.807, 2.05) is 11.3 Å². The molecule has 2 aromatic rings. The summed E-state index contributed by atoms with van der Waals surface area (Å²) < 4.78 is 0. The van der Waals surface area contributed by atoms with Crippen molar-refractivity contribution in [2.75, 3.05) is 0 Å². The normalized spacial score (nSPS) is 23.9. The molecule has 0 radical (unpaired) electrons. The fourth-order valence-electron chi connectivity index (χ4n) is 2.67. The number of aryl methyl sites for hydroxylation is 1. The summed E-state index contributed by atoms with van der Waals surface area (Å²) in [6, 6.07) is 14.2. The Kier molecular flexibility index (Phi) is 3.23. The van der Waals surface area contributed by atoms with E-state index in [0.717, 1.165) is 0 Å². The van der Waals surface area contributed by atoms with E-state index in [4.69, 9.17) is 0 Å². The number of nitrogens with one attached hydrogen (secondary N) is 1. The van der Waals surface area contributed by atoms with Crippen molar-refractivity contribution in [3.63, 3.8) is 0 Å². The highest BCUT2D eigenvalue weighted by molar-refractivity contribution is 7.10. The second kappa shape index (κ2) is 4.87. The monoisotopic (exact) mass is 257 g/mol. The quantitative estimate of drug-likeness (QED) is 0.863. The van der Waals surface area contributed by atoms with Crippen molar-refractivity contribution in [1.29, 1.82) is 0 Å². The predicted octanol–water partition coefficient (Wildman–Crippen LogP) is 4.26. The van der Waals surface area contributed by atoms with Crippen LogP contribution in [0.2, 0.25) is 0 Å². The van der Waals surface area contributed by atoms with Gasteiger partial charge in [-0.05, 0) is 42.8 Å². The summed E-state index contributed by atoms with van der Waals surface area (Å²) in [7, 11) is 0. The van der Waals surface area contributed by atoms with Gasteiger partial charge in [-0.2, -0.15) is 0 Å². The third-order valence-electron chi connectivity index (χ3n) is 3.78. The molecule has 0 bridgehead atoms. The molecule has 0 amide bonds. The molecule has 0 spiro atoms. The van der Waals surface area contributed by atoms with Gasteiger partial charge in [0.25, 0.3) is 0 Å². The number of benzene rings is 1. The molecule has 3 atom stereocenters. The minimum Gasteiger partial charge on any atom is -0.306 e. The largest absolute Gasteiger partial charge is 0.306 e. The minimum absolute atomic E-state index is 0.476. The zero-order valence-electron chi connectivity index (χ0n) is 10.9. The van der Waals surface area contributed by atoms with Gasteiger partial charge in [-0.1, -0.05) is 30.3 Å². The maximum absolute atomic E-state index is 3.76. The van der Waals surface area contributed by atoms with Crippen molar-refractivity contribution in [1.82, 2.24) is 5.32 Å². The molecule has 2 heteroatoms. The highest BCUT2D eigenvalue weighted by Crippen LogP contribution is 2.42. The van der Waals surface area contributed by atoms with E-state index in [0.29, 0.717) is 18.0 Å². The first kappa shape index (κ1) is 11.9. The SMILES string of the molecule is Cc1ccsc1C(C)NC1CC1c1ccccc1. The van der Waals surface area contributed by atoms with E-state index in [-0.39, 0.29) is 0 Å². The van der Waals surface area contributed by atoms with E-state index in [1.165, 1.54) is 22.4 Å². The molecule has 1 nitrogen and oxygen atoms in total. The zero-order chi connectivity index (χ0) is 12.5. The molecule has 1 saturated carbocycles. The fraction of sp³-hybridized carbons (Fsp3) is 0.375. The second-order valence-electron chi connectivity index (χ2n) is 5.22. The van der Waals surface area contributed by atoms with Crippen LogP contribution < -0.4 is 5.32 Å². The van der Waals surface area contributed by atoms with E-state index < -0.39 is 0 Å². The molecule has 1 aliphatic rings. The molecule has 3 rings (SSSR count). The number of thiophene rings is 1. The minimum atomic E-state index is 0.476. The summed E-state index contributed by atoms with van der Waals surface area (Å²) in [5, 5.41) is 5.94. The molecule has 1 aromatic heterocycles. The van der Waals surface area contributed by atoms with Gasteiger partial charge in [0.2, 0.25) is 0 Å². The smallest absolute Gasteiger partial charge is 0.0391 e. The van der Waals surface area contributed by atoms with Crippen molar-refractivity contribution in [2.45, 2.75) is 38.3 Å². The van der Waals surface area contributed by atoms with Crippen LogP contribution in [0.1, 0.15) is 41.3 Å². The molecule has 1 heterocycles. The first-order chi connectivity index (χ1) is 8.75. The third kappa shape index (κ3) is 2.36. The topological polar surface area (TPSA) is 12.0 Å². The highest BCUT2D eigenvalue weighted by Gasteiger charge is 2.38. The van der Waals surface area contributed by atoms with Crippen LogP contribution in [-0.4, -0.2) is 6.04 Å². The summed E-state index contributed by atoms with van der Waals surface area (Å²) in [4.78, 5) is 1.48. The summed E-state index contributed by atoms with van der Waals surface area (Å²) in [5.41, 5.74) is 2.89. The van der Waals surface area contributed by atoms with Crippen LogP contribution in [0.3, 0.4) is 0 Å². The number of hydrogen-bond donors (Lipinski definition) is 1.